The zero-order valence-electron chi connectivity index (χ0n) is 17.4. The lowest BCUT2D eigenvalue weighted by molar-refractivity contribution is -0.124. The van der Waals surface area contributed by atoms with Gasteiger partial charge in [-0.25, -0.2) is 13.2 Å². The van der Waals surface area contributed by atoms with Gasteiger partial charge < -0.3 is 10.1 Å². The minimum absolute atomic E-state index is 0.0343. The summed E-state index contributed by atoms with van der Waals surface area (Å²) in [6.07, 6.45) is 6.95. The second-order valence-electron chi connectivity index (χ2n) is 7.53. The van der Waals surface area contributed by atoms with Crippen molar-refractivity contribution in [2.24, 2.45) is 0 Å². The van der Waals surface area contributed by atoms with Gasteiger partial charge in [0, 0.05) is 19.1 Å². The molecule has 1 heterocycles. The smallest absolute Gasteiger partial charge is 0.338 e. The fraction of sp³-hybridized carbons (Fsp3) is 0.619. The molecule has 0 spiro atoms. The fourth-order valence-corrected chi connectivity index (χ4v) is 4.84. The number of unbranched alkanes of at least 4 members (excludes halogenated alkanes) is 2. The van der Waals surface area contributed by atoms with Crippen molar-refractivity contribution in [3.63, 3.8) is 0 Å². The van der Waals surface area contributed by atoms with E-state index in [0.717, 1.165) is 44.9 Å². The summed E-state index contributed by atoms with van der Waals surface area (Å²) in [7, 11) is -3.54. The third kappa shape index (κ3) is 7.12. The maximum absolute atomic E-state index is 12.6. The van der Waals surface area contributed by atoms with E-state index in [0.29, 0.717) is 13.1 Å². The number of nitrogens with zero attached hydrogens (tertiary/aromatic N) is 1. The van der Waals surface area contributed by atoms with E-state index in [1.54, 1.807) is 0 Å². The Bertz CT molecular complexity index is 771. The first-order valence-corrected chi connectivity index (χ1v) is 11.8. The lowest BCUT2D eigenvalue weighted by Gasteiger charge is -2.25. The summed E-state index contributed by atoms with van der Waals surface area (Å²) < 4.78 is 31.8. The molecule has 1 aliphatic heterocycles. The number of benzene rings is 1. The number of amides is 1. The lowest BCUT2D eigenvalue weighted by atomic mass is 10.1. The summed E-state index contributed by atoms with van der Waals surface area (Å²) in [6, 6.07) is 5.70. The predicted molar refractivity (Wildman–Crippen MR) is 111 cm³/mol. The standard InChI is InChI=1S/C21H32N2O5S/c1-3-4-6-9-17(2)22-20(24)16-28-21(25)18-10-12-19(13-11-18)29(26,27)23-14-7-5-8-15-23/h10-13,17H,3-9,14-16H2,1-2H3,(H,22,24)/t17-/m0/s1. The van der Waals surface area contributed by atoms with Crippen LogP contribution in [0.4, 0.5) is 0 Å². The third-order valence-electron chi connectivity index (χ3n) is 5.03. The Morgan fingerprint density at radius 2 is 1.76 bits per heavy atom. The Balaban J connectivity index is 1.84. The van der Waals surface area contributed by atoms with Gasteiger partial charge in [0.1, 0.15) is 0 Å². The van der Waals surface area contributed by atoms with Crippen LogP contribution < -0.4 is 5.32 Å². The molecular weight excluding hydrogens is 392 g/mol. The van der Waals surface area contributed by atoms with Crippen molar-refractivity contribution < 1.29 is 22.7 Å². The highest BCUT2D eigenvalue weighted by Gasteiger charge is 2.26. The third-order valence-corrected chi connectivity index (χ3v) is 6.94. The Hall–Kier alpha value is -1.93. The van der Waals surface area contributed by atoms with E-state index < -0.39 is 16.0 Å². The summed E-state index contributed by atoms with van der Waals surface area (Å²) >= 11 is 0. The van der Waals surface area contributed by atoms with Crippen LogP contribution in [0.2, 0.25) is 0 Å². The average molecular weight is 425 g/mol. The molecule has 1 aliphatic rings. The molecule has 0 bridgehead atoms. The number of rotatable bonds is 10. The molecule has 0 unspecified atom stereocenters. The SMILES string of the molecule is CCCCC[C@H](C)NC(=O)COC(=O)c1ccc(S(=O)(=O)N2CCCCC2)cc1. The quantitative estimate of drug-likeness (QED) is 0.460. The maximum Gasteiger partial charge on any atom is 0.338 e. The molecule has 1 aromatic carbocycles. The van der Waals surface area contributed by atoms with Crippen LogP contribution in [0, 0.1) is 0 Å². The Morgan fingerprint density at radius 3 is 2.38 bits per heavy atom. The minimum atomic E-state index is -3.54. The Morgan fingerprint density at radius 1 is 1.10 bits per heavy atom. The molecule has 0 saturated carbocycles. The van der Waals surface area contributed by atoms with Gasteiger partial charge in [-0.1, -0.05) is 32.6 Å². The Labute approximate surface area is 173 Å². The van der Waals surface area contributed by atoms with Crippen molar-refractivity contribution >= 4 is 21.9 Å². The van der Waals surface area contributed by atoms with E-state index >= 15 is 0 Å². The van der Waals surface area contributed by atoms with Crippen LogP contribution in [-0.4, -0.2) is 50.3 Å². The average Bonchev–Trinajstić information content (AvgIpc) is 2.73. The highest BCUT2D eigenvalue weighted by Crippen LogP contribution is 2.21. The number of piperidine rings is 1. The molecule has 0 aromatic heterocycles. The number of esters is 1. The number of carbonyl (C=O) groups is 2. The molecule has 1 fully saturated rings. The first kappa shape index (κ1) is 23.3. The van der Waals surface area contributed by atoms with Gasteiger partial charge in [0.25, 0.3) is 5.91 Å². The van der Waals surface area contributed by atoms with Gasteiger partial charge in [0.05, 0.1) is 10.5 Å². The van der Waals surface area contributed by atoms with Gasteiger partial charge >= 0.3 is 5.97 Å². The van der Waals surface area contributed by atoms with Crippen molar-refractivity contribution in [1.82, 2.24) is 9.62 Å². The number of ether oxygens (including phenoxy) is 1. The van der Waals surface area contributed by atoms with Crippen LogP contribution in [0.1, 0.15) is 69.2 Å². The van der Waals surface area contributed by atoms with E-state index in [9.17, 15) is 18.0 Å². The zero-order valence-corrected chi connectivity index (χ0v) is 18.2. The van der Waals surface area contributed by atoms with Gasteiger partial charge in [-0.05, 0) is 50.5 Å². The predicted octanol–water partition coefficient (Wildman–Crippen LogP) is 3.10. The van der Waals surface area contributed by atoms with Gasteiger partial charge in [-0.3, -0.25) is 4.79 Å². The highest BCUT2D eigenvalue weighted by molar-refractivity contribution is 7.89. The van der Waals surface area contributed by atoms with Crippen molar-refractivity contribution in [3.8, 4) is 0 Å². The molecule has 29 heavy (non-hydrogen) atoms. The second kappa shape index (κ2) is 11.3. The zero-order chi connectivity index (χ0) is 21.3. The van der Waals surface area contributed by atoms with Crippen LogP contribution in [0.3, 0.4) is 0 Å². The molecule has 1 amide bonds. The number of nitrogens with one attached hydrogen (secondary N) is 1. The molecule has 7 nitrogen and oxygen atoms in total. The Kier molecular flexibility index (Phi) is 9.10. The number of sulfonamides is 1. The summed E-state index contributed by atoms with van der Waals surface area (Å²) in [4.78, 5) is 24.2. The summed E-state index contributed by atoms with van der Waals surface area (Å²) in [5.74, 6) is -0.993. The maximum atomic E-state index is 12.6. The van der Waals surface area contributed by atoms with E-state index in [2.05, 4.69) is 12.2 Å². The van der Waals surface area contributed by atoms with Gasteiger partial charge in [-0.2, -0.15) is 4.31 Å². The normalized spacial score (nSPS) is 16.2. The first-order chi connectivity index (χ1) is 13.8. The molecule has 1 saturated heterocycles. The van der Waals surface area contributed by atoms with E-state index in [4.69, 9.17) is 4.74 Å². The van der Waals surface area contributed by atoms with Crippen LogP contribution in [0.5, 0.6) is 0 Å². The fourth-order valence-electron chi connectivity index (χ4n) is 3.32. The van der Waals surface area contributed by atoms with Crippen LogP contribution >= 0.6 is 0 Å². The summed E-state index contributed by atoms with van der Waals surface area (Å²) in [5.41, 5.74) is 0.214. The van der Waals surface area contributed by atoms with Crippen molar-refractivity contribution in [1.29, 1.82) is 0 Å². The molecule has 162 valence electrons. The monoisotopic (exact) mass is 424 g/mol. The number of carbonyl (C=O) groups excluding carboxylic acids is 2. The van der Waals surface area contributed by atoms with Crippen LogP contribution in [0.15, 0.2) is 29.2 Å². The highest BCUT2D eigenvalue weighted by atomic mass is 32.2. The van der Waals surface area contributed by atoms with Crippen LogP contribution in [-0.2, 0) is 19.6 Å². The van der Waals surface area contributed by atoms with Gasteiger partial charge in [0.15, 0.2) is 6.61 Å². The molecule has 1 aromatic rings. The van der Waals surface area contributed by atoms with Crippen molar-refractivity contribution in [2.45, 2.75) is 69.7 Å². The van der Waals surface area contributed by atoms with E-state index in [-0.39, 0.29) is 29.0 Å². The first-order valence-electron chi connectivity index (χ1n) is 10.4. The summed E-state index contributed by atoms with van der Waals surface area (Å²) in [5, 5.41) is 2.81. The topological polar surface area (TPSA) is 92.8 Å². The van der Waals surface area contributed by atoms with E-state index in [1.807, 2.05) is 6.92 Å². The lowest BCUT2D eigenvalue weighted by Crippen LogP contribution is -2.36. The van der Waals surface area contributed by atoms with E-state index in [1.165, 1.54) is 28.6 Å². The number of hydrogen-bond acceptors (Lipinski definition) is 5. The molecule has 0 radical (unpaired) electrons. The largest absolute Gasteiger partial charge is 0.452 e. The van der Waals surface area contributed by atoms with Gasteiger partial charge in [0.2, 0.25) is 10.0 Å². The molecule has 0 aliphatic carbocycles. The second-order valence-corrected chi connectivity index (χ2v) is 9.47. The molecular formula is C21H32N2O5S. The molecule has 1 N–H and O–H groups in total. The minimum Gasteiger partial charge on any atom is -0.452 e. The van der Waals surface area contributed by atoms with Crippen molar-refractivity contribution in [2.75, 3.05) is 19.7 Å². The van der Waals surface area contributed by atoms with Gasteiger partial charge in [-0.15, -0.1) is 0 Å². The van der Waals surface area contributed by atoms with Crippen molar-refractivity contribution in [3.05, 3.63) is 29.8 Å². The molecule has 1 atom stereocenters. The number of hydrogen-bond donors (Lipinski definition) is 1. The molecule has 2 rings (SSSR count). The van der Waals surface area contributed by atoms with Crippen LogP contribution in [0.25, 0.3) is 0 Å². The molecule has 8 heteroatoms. The summed E-state index contributed by atoms with van der Waals surface area (Å²) in [6.45, 7) is 4.75.